The summed E-state index contributed by atoms with van der Waals surface area (Å²) >= 11 is 0. The molecule has 0 saturated carbocycles. The summed E-state index contributed by atoms with van der Waals surface area (Å²) in [6.07, 6.45) is 0.797. The number of aryl methyl sites for hydroxylation is 1. The van der Waals surface area contributed by atoms with Crippen molar-refractivity contribution in [1.29, 1.82) is 0 Å². The minimum absolute atomic E-state index is 0.0492. The third-order valence-electron chi connectivity index (χ3n) is 3.26. The summed E-state index contributed by atoms with van der Waals surface area (Å²) in [5.74, 6) is -0.0862. The highest BCUT2D eigenvalue weighted by molar-refractivity contribution is 5.38. The largest absolute Gasteiger partial charge is 0.508 e. The minimum Gasteiger partial charge on any atom is -0.508 e. The lowest BCUT2D eigenvalue weighted by atomic mass is 10.1. The zero-order valence-corrected chi connectivity index (χ0v) is 11.4. The molecule has 2 rings (SSSR count). The van der Waals surface area contributed by atoms with Crippen LogP contribution in [0.25, 0.3) is 0 Å². The summed E-state index contributed by atoms with van der Waals surface area (Å²) in [5.41, 5.74) is 2.78. The predicted octanol–water partition coefficient (Wildman–Crippen LogP) is 2.88. The smallest absolute Gasteiger partial charge is 0.123 e. The van der Waals surface area contributed by atoms with Gasteiger partial charge in [-0.1, -0.05) is 12.1 Å². The van der Waals surface area contributed by atoms with E-state index in [0.717, 1.165) is 29.7 Å². The predicted molar refractivity (Wildman–Crippen MR) is 76.3 cm³/mol. The number of nitrogens with one attached hydrogen (secondary N) is 1. The summed E-state index contributed by atoms with van der Waals surface area (Å²) < 4.78 is 13.0. The maximum atomic E-state index is 13.0. The molecule has 0 unspecified atom stereocenters. The van der Waals surface area contributed by atoms with Crippen LogP contribution in [0.2, 0.25) is 0 Å². The van der Waals surface area contributed by atoms with E-state index in [1.807, 2.05) is 6.92 Å². The van der Waals surface area contributed by atoms with Crippen LogP contribution in [0.4, 0.5) is 4.39 Å². The molecule has 0 aromatic heterocycles. The number of phenolic OH excluding ortho intramolecular Hbond substituents is 2. The molecule has 0 amide bonds. The molecule has 0 aliphatic rings. The molecule has 0 fully saturated rings. The molecule has 106 valence electrons. The molecule has 0 atom stereocenters. The third kappa shape index (κ3) is 3.71. The Labute approximate surface area is 117 Å². The third-order valence-corrected chi connectivity index (χ3v) is 3.26. The summed E-state index contributed by atoms with van der Waals surface area (Å²) in [7, 11) is 0. The number of hydrogen-bond donors (Lipinski definition) is 3. The quantitative estimate of drug-likeness (QED) is 0.735. The van der Waals surface area contributed by atoms with Crippen LogP contribution < -0.4 is 5.32 Å². The Bertz CT molecular complexity index is 546. The van der Waals surface area contributed by atoms with Gasteiger partial charge in [0, 0.05) is 18.2 Å². The topological polar surface area (TPSA) is 52.5 Å². The van der Waals surface area contributed by atoms with Gasteiger partial charge in [0.1, 0.15) is 17.3 Å². The van der Waals surface area contributed by atoms with Crippen LogP contribution in [0.1, 0.15) is 16.7 Å². The first kappa shape index (κ1) is 14.3. The molecular weight excluding hydrogens is 257 g/mol. The average Bonchev–Trinajstić information content (AvgIpc) is 2.39. The van der Waals surface area contributed by atoms with Gasteiger partial charge in [-0.05, 0) is 49.2 Å². The minimum atomic E-state index is -0.215. The van der Waals surface area contributed by atoms with E-state index >= 15 is 0 Å². The standard InChI is InChI=1S/C16H18FNO2/c1-11-8-14(17)4-2-12(11)6-7-18-10-13-3-5-15(19)9-16(13)20/h2-5,8-9,18-20H,6-7,10H2,1H3. The van der Waals surface area contributed by atoms with Crippen LogP contribution in [0, 0.1) is 12.7 Å². The molecule has 4 heteroatoms. The molecule has 0 bridgehead atoms. The number of hydrogen-bond acceptors (Lipinski definition) is 3. The monoisotopic (exact) mass is 275 g/mol. The fourth-order valence-electron chi connectivity index (χ4n) is 2.09. The average molecular weight is 275 g/mol. The Morgan fingerprint density at radius 2 is 1.80 bits per heavy atom. The summed E-state index contributed by atoms with van der Waals surface area (Å²) in [5, 5.41) is 22.1. The maximum absolute atomic E-state index is 13.0. The van der Waals surface area contributed by atoms with E-state index in [1.165, 1.54) is 18.2 Å². The zero-order valence-electron chi connectivity index (χ0n) is 11.4. The summed E-state index contributed by atoms with van der Waals surface area (Å²) in [6.45, 7) is 3.14. The van der Waals surface area contributed by atoms with Crippen LogP contribution in [0.5, 0.6) is 11.5 Å². The molecule has 0 spiro atoms. The molecule has 0 heterocycles. The Morgan fingerprint density at radius 3 is 2.50 bits per heavy atom. The van der Waals surface area contributed by atoms with Crippen molar-refractivity contribution in [1.82, 2.24) is 5.32 Å². The van der Waals surface area contributed by atoms with Crippen LogP contribution >= 0.6 is 0 Å². The lowest BCUT2D eigenvalue weighted by Gasteiger charge is -2.09. The molecule has 0 saturated heterocycles. The van der Waals surface area contributed by atoms with Crippen LogP contribution in [-0.2, 0) is 13.0 Å². The van der Waals surface area contributed by atoms with E-state index in [0.29, 0.717) is 6.54 Å². The van der Waals surface area contributed by atoms with Gasteiger partial charge in [0.25, 0.3) is 0 Å². The van der Waals surface area contributed by atoms with E-state index in [2.05, 4.69) is 5.32 Å². The van der Waals surface area contributed by atoms with Gasteiger partial charge in [0.05, 0.1) is 0 Å². The van der Waals surface area contributed by atoms with Crippen molar-refractivity contribution in [2.45, 2.75) is 19.9 Å². The SMILES string of the molecule is Cc1cc(F)ccc1CCNCc1ccc(O)cc1O. The van der Waals surface area contributed by atoms with E-state index in [1.54, 1.807) is 18.2 Å². The Morgan fingerprint density at radius 1 is 1.05 bits per heavy atom. The Kier molecular flexibility index (Phi) is 4.58. The van der Waals surface area contributed by atoms with Crippen LogP contribution in [0.3, 0.4) is 0 Å². The van der Waals surface area contributed by atoms with Crippen molar-refractivity contribution in [3.05, 3.63) is 58.9 Å². The van der Waals surface area contributed by atoms with Crippen molar-refractivity contribution in [3.63, 3.8) is 0 Å². The summed E-state index contributed by atoms with van der Waals surface area (Å²) in [4.78, 5) is 0. The first-order valence-electron chi connectivity index (χ1n) is 6.53. The molecule has 3 N–H and O–H groups in total. The maximum Gasteiger partial charge on any atom is 0.123 e. The first-order valence-corrected chi connectivity index (χ1v) is 6.53. The molecule has 3 nitrogen and oxygen atoms in total. The number of halogens is 1. The van der Waals surface area contributed by atoms with Gasteiger partial charge < -0.3 is 15.5 Å². The zero-order chi connectivity index (χ0) is 14.5. The molecular formula is C16H18FNO2. The highest BCUT2D eigenvalue weighted by Gasteiger charge is 2.03. The van der Waals surface area contributed by atoms with E-state index in [4.69, 9.17) is 0 Å². The van der Waals surface area contributed by atoms with E-state index in [9.17, 15) is 14.6 Å². The van der Waals surface area contributed by atoms with Crippen LogP contribution in [-0.4, -0.2) is 16.8 Å². The number of aromatic hydroxyl groups is 2. The molecule has 2 aromatic carbocycles. The van der Waals surface area contributed by atoms with Gasteiger partial charge in [-0.2, -0.15) is 0 Å². The Balaban J connectivity index is 1.84. The highest BCUT2D eigenvalue weighted by atomic mass is 19.1. The molecule has 2 aromatic rings. The van der Waals surface area contributed by atoms with Crippen molar-refractivity contribution in [2.24, 2.45) is 0 Å². The fourth-order valence-corrected chi connectivity index (χ4v) is 2.09. The van der Waals surface area contributed by atoms with Crippen molar-refractivity contribution in [3.8, 4) is 11.5 Å². The fraction of sp³-hybridized carbons (Fsp3) is 0.250. The van der Waals surface area contributed by atoms with Crippen molar-refractivity contribution in [2.75, 3.05) is 6.54 Å². The second-order valence-corrected chi connectivity index (χ2v) is 4.81. The molecule has 0 aliphatic carbocycles. The van der Waals surface area contributed by atoms with Crippen LogP contribution in [0.15, 0.2) is 36.4 Å². The number of benzene rings is 2. The van der Waals surface area contributed by atoms with E-state index < -0.39 is 0 Å². The van der Waals surface area contributed by atoms with Gasteiger partial charge in [0.15, 0.2) is 0 Å². The lowest BCUT2D eigenvalue weighted by molar-refractivity contribution is 0.444. The van der Waals surface area contributed by atoms with Gasteiger partial charge >= 0.3 is 0 Å². The lowest BCUT2D eigenvalue weighted by Crippen LogP contribution is -2.17. The summed E-state index contributed by atoms with van der Waals surface area (Å²) in [6, 6.07) is 9.34. The van der Waals surface area contributed by atoms with Gasteiger partial charge in [0.2, 0.25) is 0 Å². The number of rotatable bonds is 5. The Hall–Kier alpha value is -2.07. The first-order chi connectivity index (χ1) is 9.56. The van der Waals surface area contributed by atoms with Gasteiger partial charge in [-0.3, -0.25) is 0 Å². The van der Waals surface area contributed by atoms with Gasteiger partial charge in [-0.25, -0.2) is 4.39 Å². The number of phenols is 2. The molecule has 0 aliphatic heterocycles. The van der Waals surface area contributed by atoms with Crippen molar-refractivity contribution < 1.29 is 14.6 Å². The molecule has 0 radical (unpaired) electrons. The highest BCUT2D eigenvalue weighted by Crippen LogP contribution is 2.22. The van der Waals surface area contributed by atoms with E-state index in [-0.39, 0.29) is 17.3 Å². The van der Waals surface area contributed by atoms with Gasteiger partial charge in [-0.15, -0.1) is 0 Å². The normalized spacial score (nSPS) is 10.7. The second-order valence-electron chi connectivity index (χ2n) is 4.81. The molecule has 20 heavy (non-hydrogen) atoms. The van der Waals surface area contributed by atoms with Crippen molar-refractivity contribution >= 4 is 0 Å². The second kappa shape index (κ2) is 6.39.